The molecule has 2 aromatic carbocycles. The van der Waals surface area contributed by atoms with Crippen LogP contribution in [0, 0.1) is 0 Å². The molecule has 2 aromatic rings. The van der Waals surface area contributed by atoms with Crippen molar-refractivity contribution >= 4 is 15.9 Å². The molecule has 0 fully saturated rings. The lowest BCUT2D eigenvalue weighted by Crippen LogP contribution is -2.34. The van der Waals surface area contributed by atoms with E-state index < -0.39 is 10.0 Å². The smallest absolute Gasteiger partial charge is 0.231 e. The number of nitrogens with zero attached hydrogens (tertiary/aromatic N) is 1. The maximum absolute atomic E-state index is 12.1. The maximum atomic E-state index is 12.1. The predicted octanol–water partition coefficient (Wildman–Crippen LogP) is 1.88. The van der Waals surface area contributed by atoms with Gasteiger partial charge in [-0.3, -0.25) is 4.79 Å². The van der Waals surface area contributed by atoms with Gasteiger partial charge < -0.3 is 14.8 Å². The molecule has 0 saturated heterocycles. The van der Waals surface area contributed by atoms with Gasteiger partial charge in [-0.15, -0.1) is 0 Å². The van der Waals surface area contributed by atoms with E-state index in [2.05, 4.69) is 5.32 Å². The number of hydrogen-bond acceptors (Lipinski definition) is 5. The molecular weight excluding hydrogens is 368 g/mol. The summed E-state index contributed by atoms with van der Waals surface area (Å²) in [6.07, 6.45) is 1.23. The van der Waals surface area contributed by atoms with Gasteiger partial charge >= 0.3 is 0 Å². The van der Waals surface area contributed by atoms with Crippen LogP contribution in [0.25, 0.3) is 0 Å². The third kappa shape index (κ3) is 5.45. The Hall–Kier alpha value is -2.58. The number of carbonyl (C=O) groups is 1. The second-order valence-corrected chi connectivity index (χ2v) is 8.28. The lowest BCUT2D eigenvalue weighted by atomic mass is 10.2. The first-order valence-electron chi connectivity index (χ1n) is 8.56. The molecule has 7 nitrogen and oxygen atoms in total. The highest BCUT2D eigenvalue weighted by atomic mass is 32.2. The van der Waals surface area contributed by atoms with E-state index in [4.69, 9.17) is 9.47 Å². The van der Waals surface area contributed by atoms with Crippen LogP contribution >= 0.6 is 0 Å². The van der Waals surface area contributed by atoms with Crippen LogP contribution in [0.5, 0.6) is 11.5 Å². The van der Waals surface area contributed by atoms with Gasteiger partial charge in [0.25, 0.3) is 0 Å². The predicted molar refractivity (Wildman–Crippen MR) is 101 cm³/mol. The zero-order chi connectivity index (χ0) is 19.3. The van der Waals surface area contributed by atoms with Gasteiger partial charge in [0.2, 0.25) is 22.7 Å². The summed E-state index contributed by atoms with van der Waals surface area (Å²) < 4.78 is 36.1. The fourth-order valence-electron chi connectivity index (χ4n) is 2.72. The number of benzene rings is 2. The minimum absolute atomic E-state index is 0.0878. The maximum Gasteiger partial charge on any atom is 0.231 e. The Morgan fingerprint density at radius 3 is 2.56 bits per heavy atom. The van der Waals surface area contributed by atoms with Crippen molar-refractivity contribution in [3.63, 3.8) is 0 Å². The highest BCUT2D eigenvalue weighted by molar-refractivity contribution is 7.88. The average Bonchev–Trinajstić information content (AvgIpc) is 3.11. The van der Waals surface area contributed by atoms with Gasteiger partial charge in [0.15, 0.2) is 11.5 Å². The van der Waals surface area contributed by atoms with Crippen LogP contribution < -0.4 is 14.8 Å². The molecule has 144 valence electrons. The van der Waals surface area contributed by atoms with E-state index in [1.165, 1.54) is 4.31 Å². The molecule has 27 heavy (non-hydrogen) atoms. The molecule has 0 saturated carbocycles. The summed E-state index contributed by atoms with van der Waals surface area (Å²) in [7, 11) is -3.46. The standard InChI is InChI=1S/C19H22N2O5S/c1-27(23,24)21(13-16-7-8-17-18(11-16)26-14-25-17)10-9-19(22)20-12-15-5-3-2-4-6-15/h2-8,11H,9-10,12-14H2,1H3,(H,20,22). The van der Waals surface area contributed by atoms with Crippen molar-refractivity contribution in [3.8, 4) is 11.5 Å². The number of nitrogens with one attached hydrogen (secondary N) is 1. The number of sulfonamides is 1. The molecule has 1 amide bonds. The molecule has 1 N–H and O–H groups in total. The van der Waals surface area contributed by atoms with Crippen LogP contribution in [0.4, 0.5) is 0 Å². The third-order valence-electron chi connectivity index (χ3n) is 4.19. The number of rotatable bonds is 8. The van der Waals surface area contributed by atoms with Crippen molar-refractivity contribution in [2.45, 2.75) is 19.5 Å². The largest absolute Gasteiger partial charge is 0.454 e. The van der Waals surface area contributed by atoms with Crippen molar-refractivity contribution in [2.24, 2.45) is 0 Å². The summed E-state index contributed by atoms with van der Waals surface area (Å²) in [6.45, 7) is 0.853. The molecule has 1 aliphatic rings. The molecule has 0 atom stereocenters. The summed E-state index contributed by atoms with van der Waals surface area (Å²) in [5, 5.41) is 2.81. The Bertz CT molecular complexity index is 900. The molecular formula is C19H22N2O5S. The van der Waals surface area contributed by atoms with Crippen LogP contribution in [-0.2, 0) is 27.9 Å². The summed E-state index contributed by atoms with van der Waals surface area (Å²) >= 11 is 0. The van der Waals surface area contributed by atoms with Gasteiger partial charge in [-0.05, 0) is 23.3 Å². The molecule has 8 heteroatoms. The monoisotopic (exact) mass is 390 g/mol. The number of amides is 1. The fraction of sp³-hybridized carbons (Fsp3) is 0.316. The van der Waals surface area contributed by atoms with Gasteiger partial charge in [0, 0.05) is 26.1 Å². The van der Waals surface area contributed by atoms with Crippen LogP contribution in [-0.4, -0.2) is 38.2 Å². The SMILES string of the molecule is CS(=O)(=O)N(CCC(=O)NCc1ccccc1)Cc1ccc2c(c1)OCO2. The third-order valence-corrected chi connectivity index (χ3v) is 5.44. The normalized spacial score (nSPS) is 13.0. The Balaban J connectivity index is 1.56. The lowest BCUT2D eigenvalue weighted by molar-refractivity contribution is -0.121. The van der Waals surface area contributed by atoms with Crippen molar-refractivity contribution in [1.29, 1.82) is 0 Å². The first-order chi connectivity index (χ1) is 12.9. The Morgan fingerprint density at radius 1 is 1.07 bits per heavy atom. The molecule has 1 heterocycles. The van der Waals surface area contributed by atoms with E-state index in [9.17, 15) is 13.2 Å². The van der Waals surface area contributed by atoms with Crippen LogP contribution in [0.15, 0.2) is 48.5 Å². The van der Waals surface area contributed by atoms with Gasteiger partial charge in [-0.2, -0.15) is 4.31 Å². The molecule has 0 aliphatic carbocycles. The number of carbonyl (C=O) groups excluding carboxylic acids is 1. The quantitative estimate of drug-likeness (QED) is 0.744. The van der Waals surface area contributed by atoms with Crippen molar-refractivity contribution in [2.75, 3.05) is 19.6 Å². The van der Waals surface area contributed by atoms with Crippen molar-refractivity contribution < 1.29 is 22.7 Å². The van der Waals surface area contributed by atoms with Crippen molar-refractivity contribution in [3.05, 3.63) is 59.7 Å². The summed E-state index contributed by atoms with van der Waals surface area (Å²) in [5.74, 6) is 1.05. The molecule has 0 bridgehead atoms. The van der Waals surface area contributed by atoms with Gasteiger partial charge in [0.05, 0.1) is 6.26 Å². The summed E-state index contributed by atoms with van der Waals surface area (Å²) in [6, 6.07) is 14.9. The van der Waals surface area contributed by atoms with Crippen LogP contribution in [0.1, 0.15) is 17.5 Å². The molecule has 0 unspecified atom stereocenters. The minimum atomic E-state index is -3.46. The second kappa shape index (κ2) is 8.41. The van der Waals surface area contributed by atoms with Gasteiger partial charge in [-0.1, -0.05) is 36.4 Å². The van der Waals surface area contributed by atoms with E-state index >= 15 is 0 Å². The second-order valence-electron chi connectivity index (χ2n) is 6.30. The summed E-state index contributed by atoms with van der Waals surface area (Å²) in [5.41, 5.74) is 1.76. The fourth-order valence-corrected chi connectivity index (χ4v) is 3.52. The van der Waals surface area contributed by atoms with E-state index in [0.717, 1.165) is 17.4 Å². The minimum Gasteiger partial charge on any atom is -0.454 e. The lowest BCUT2D eigenvalue weighted by Gasteiger charge is -2.20. The molecule has 3 rings (SSSR count). The zero-order valence-electron chi connectivity index (χ0n) is 15.1. The average molecular weight is 390 g/mol. The Morgan fingerprint density at radius 2 is 1.81 bits per heavy atom. The highest BCUT2D eigenvalue weighted by Crippen LogP contribution is 2.32. The van der Waals surface area contributed by atoms with E-state index in [1.807, 2.05) is 30.3 Å². The molecule has 0 radical (unpaired) electrons. The van der Waals surface area contributed by atoms with Gasteiger partial charge in [-0.25, -0.2) is 8.42 Å². The van der Waals surface area contributed by atoms with Crippen LogP contribution in [0.3, 0.4) is 0 Å². The topological polar surface area (TPSA) is 84.9 Å². The van der Waals surface area contributed by atoms with Gasteiger partial charge in [0.1, 0.15) is 0 Å². The van der Waals surface area contributed by atoms with Crippen molar-refractivity contribution in [1.82, 2.24) is 9.62 Å². The summed E-state index contributed by atoms with van der Waals surface area (Å²) in [4.78, 5) is 12.1. The highest BCUT2D eigenvalue weighted by Gasteiger charge is 2.20. The molecule has 0 spiro atoms. The molecule has 0 aromatic heterocycles. The molecule has 1 aliphatic heterocycles. The van der Waals surface area contributed by atoms with E-state index in [1.54, 1.807) is 18.2 Å². The Kier molecular flexibility index (Phi) is 5.98. The number of fused-ring (bicyclic) bond motifs is 1. The zero-order valence-corrected chi connectivity index (χ0v) is 15.9. The number of ether oxygens (including phenoxy) is 2. The Labute approximate surface area is 158 Å². The first kappa shape index (κ1) is 19.2. The first-order valence-corrected chi connectivity index (χ1v) is 10.4. The van der Waals surface area contributed by atoms with Crippen LogP contribution in [0.2, 0.25) is 0 Å². The van der Waals surface area contributed by atoms with E-state index in [0.29, 0.717) is 18.0 Å². The number of hydrogen-bond donors (Lipinski definition) is 1. The van der Waals surface area contributed by atoms with E-state index in [-0.39, 0.29) is 32.2 Å².